The summed E-state index contributed by atoms with van der Waals surface area (Å²) < 4.78 is 26.7. The third-order valence-corrected chi connectivity index (χ3v) is 7.45. The second kappa shape index (κ2) is 8.39. The molecule has 2 N–H and O–H groups in total. The second-order valence-corrected chi connectivity index (χ2v) is 9.39. The maximum atomic E-state index is 12.7. The average molecular weight is 394 g/mol. The van der Waals surface area contributed by atoms with Crippen LogP contribution in [0.3, 0.4) is 0 Å². The van der Waals surface area contributed by atoms with E-state index in [0.717, 1.165) is 5.56 Å². The van der Waals surface area contributed by atoms with Crippen molar-refractivity contribution in [2.24, 2.45) is 17.6 Å². The van der Waals surface area contributed by atoms with E-state index in [2.05, 4.69) is 0 Å². The van der Waals surface area contributed by atoms with Crippen LogP contribution in [-0.4, -0.2) is 55.6 Å². The Labute approximate surface area is 160 Å². The van der Waals surface area contributed by atoms with Gasteiger partial charge in [-0.15, -0.1) is 0 Å². The minimum absolute atomic E-state index is 0.00686. The lowest BCUT2D eigenvalue weighted by Gasteiger charge is -2.36. The minimum atomic E-state index is -3.37. The molecule has 0 aliphatic carbocycles. The van der Waals surface area contributed by atoms with Gasteiger partial charge in [-0.05, 0) is 31.2 Å². The molecule has 0 bridgehead atoms. The van der Waals surface area contributed by atoms with Gasteiger partial charge in [0.15, 0.2) is 0 Å². The maximum Gasteiger partial charge on any atom is 0.225 e. The van der Waals surface area contributed by atoms with Gasteiger partial charge in [0, 0.05) is 38.0 Å². The van der Waals surface area contributed by atoms with Crippen LogP contribution < -0.4 is 5.73 Å². The molecule has 2 fully saturated rings. The maximum absolute atomic E-state index is 12.7. The first-order valence-electron chi connectivity index (χ1n) is 9.46. The number of likely N-dealkylation sites (tertiary alicyclic amines) is 1. The van der Waals surface area contributed by atoms with Crippen LogP contribution in [0, 0.1) is 11.8 Å². The smallest absolute Gasteiger partial charge is 0.225 e. The van der Waals surface area contributed by atoms with E-state index in [1.165, 1.54) is 4.31 Å². The summed E-state index contributed by atoms with van der Waals surface area (Å²) in [6, 6.07) is 9.14. The van der Waals surface area contributed by atoms with Crippen LogP contribution in [0.5, 0.6) is 0 Å². The van der Waals surface area contributed by atoms with Gasteiger partial charge in [0.05, 0.1) is 5.75 Å². The Bertz CT molecular complexity index is 765. The monoisotopic (exact) mass is 393 g/mol. The number of sulfonamides is 1. The van der Waals surface area contributed by atoms with Crippen molar-refractivity contribution in [3.63, 3.8) is 0 Å². The lowest BCUT2D eigenvalue weighted by Crippen LogP contribution is -2.47. The number of benzene rings is 1. The molecule has 0 aromatic heterocycles. The first-order chi connectivity index (χ1) is 12.9. The summed E-state index contributed by atoms with van der Waals surface area (Å²) in [4.78, 5) is 25.8. The normalized spacial score (nSPS) is 20.5. The molecule has 0 unspecified atom stereocenters. The van der Waals surface area contributed by atoms with E-state index in [4.69, 9.17) is 5.73 Å². The van der Waals surface area contributed by atoms with Crippen LogP contribution in [-0.2, 0) is 25.4 Å². The fraction of sp³-hybridized carbons (Fsp3) is 0.579. The standard InChI is InChI=1S/C19H27N3O4S/c20-18(23)16-6-10-21(11-7-16)19(24)17-8-12-22(13-9-17)27(25,26)14-15-4-2-1-3-5-15/h1-5,16-17H,6-14H2,(H2,20,23). The van der Waals surface area contributed by atoms with Gasteiger partial charge in [0.2, 0.25) is 21.8 Å². The summed E-state index contributed by atoms with van der Waals surface area (Å²) in [7, 11) is -3.37. The molecule has 27 heavy (non-hydrogen) atoms. The minimum Gasteiger partial charge on any atom is -0.369 e. The summed E-state index contributed by atoms with van der Waals surface area (Å²) in [6.07, 6.45) is 2.32. The highest BCUT2D eigenvalue weighted by Gasteiger charge is 2.34. The zero-order chi connectivity index (χ0) is 19.4. The van der Waals surface area contributed by atoms with E-state index in [9.17, 15) is 18.0 Å². The molecule has 0 saturated carbocycles. The van der Waals surface area contributed by atoms with Gasteiger partial charge in [-0.25, -0.2) is 12.7 Å². The number of rotatable bonds is 5. The van der Waals surface area contributed by atoms with Crippen LogP contribution in [0.4, 0.5) is 0 Å². The quantitative estimate of drug-likeness (QED) is 0.805. The van der Waals surface area contributed by atoms with Crippen molar-refractivity contribution in [1.82, 2.24) is 9.21 Å². The summed E-state index contributed by atoms with van der Waals surface area (Å²) in [6.45, 7) is 1.87. The number of nitrogens with two attached hydrogens (primary N) is 1. The SMILES string of the molecule is NC(=O)C1CCN(C(=O)C2CCN(S(=O)(=O)Cc3ccccc3)CC2)CC1. The van der Waals surface area contributed by atoms with E-state index in [-0.39, 0.29) is 29.4 Å². The highest BCUT2D eigenvalue weighted by atomic mass is 32.2. The molecule has 0 radical (unpaired) electrons. The first kappa shape index (κ1) is 19.8. The Morgan fingerprint density at radius 3 is 2.04 bits per heavy atom. The third kappa shape index (κ3) is 4.87. The Hall–Kier alpha value is -1.93. The van der Waals surface area contributed by atoms with Crippen molar-refractivity contribution in [3.05, 3.63) is 35.9 Å². The predicted molar refractivity (Wildman–Crippen MR) is 102 cm³/mol. The van der Waals surface area contributed by atoms with Crippen LogP contribution in [0.15, 0.2) is 30.3 Å². The summed E-state index contributed by atoms with van der Waals surface area (Å²) in [5.74, 6) is -0.498. The summed E-state index contributed by atoms with van der Waals surface area (Å²) in [5, 5.41) is 0. The molecule has 2 amide bonds. The molecule has 8 heteroatoms. The summed E-state index contributed by atoms with van der Waals surface area (Å²) in [5.41, 5.74) is 6.11. The van der Waals surface area contributed by atoms with Crippen molar-refractivity contribution in [3.8, 4) is 0 Å². The Kier molecular flexibility index (Phi) is 6.16. The number of hydrogen-bond donors (Lipinski definition) is 1. The van der Waals surface area contributed by atoms with Gasteiger partial charge in [0.25, 0.3) is 0 Å². The molecule has 2 aliphatic rings. The molecule has 2 aliphatic heterocycles. The van der Waals surface area contributed by atoms with Gasteiger partial charge >= 0.3 is 0 Å². The second-order valence-electron chi connectivity index (χ2n) is 7.42. The fourth-order valence-corrected chi connectivity index (χ4v) is 5.46. The average Bonchev–Trinajstić information content (AvgIpc) is 2.68. The molecule has 0 spiro atoms. The number of carbonyl (C=O) groups is 2. The zero-order valence-electron chi connectivity index (χ0n) is 15.4. The Morgan fingerprint density at radius 1 is 0.926 bits per heavy atom. The highest BCUT2D eigenvalue weighted by Crippen LogP contribution is 2.25. The van der Waals surface area contributed by atoms with Crippen LogP contribution in [0.2, 0.25) is 0 Å². The van der Waals surface area contributed by atoms with E-state index < -0.39 is 10.0 Å². The number of primary amides is 1. The largest absolute Gasteiger partial charge is 0.369 e. The highest BCUT2D eigenvalue weighted by molar-refractivity contribution is 7.88. The van der Waals surface area contributed by atoms with Crippen molar-refractivity contribution >= 4 is 21.8 Å². The zero-order valence-corrected chi connectivity index (χ0v) is 16.2. The lowest BCUT2D eigenvalue weighted by molar-refractivity contribution is -0.139. The number of piperidine rings is 2. The Morgan fingerprint density at radius 2 is 1.48 bits per heavy atom. The number of amides is 2. The molecule has 148 valence electrons. The van der Waals surface area contributed by atoms with E-state index in [1.807, 2.05) is 30.3 Å². The molecular weight excluding hydrogens is 366 g/mol. The number of nitrogens with zero attached hydrogens (tertiary/aromatic N) is 2. The topological polar surface area (TPSA) is 101 Å². The van der Waals surface area contributed by atoms with E-state index in [0.29, 0.717) is 51.9 Å². The van der Waals surface area contributed by atoms with Crippen molar-refractivity contribution in [2.75, 3.05) is 26.2 Å². The molecule has 2 saturated heterocycles. The predicted octanol–water partition coefficient (Wildman–Crippen LogP) is 0.952. The van der Waals surface area contributed by atoms with Crippen molar-refractivity contribution < 1.29 is 18.0 Å². The van der Waals surface area contributed by atoms with E-state index in [1.54, 1.807) is 4.90 Å². The van der Waals surface area contributed by atoms with Gasteiger partial charge < -0.3 is 10.6 Å². The third-order valence-electron chi connectivity index (χ3n) is 5.60. The number of hydrogen-bond acceptors (Lipinski definition) is 4. The Balaban J connectivity index is 1.51. The number of carbonyl (C=O) groups excluding carboxylic acids is 2. The first-order valence-corrected chi connectivity index (χ1v) is 11.1. The van der Waals surface area contributed by atoms with Crippen LogP contribution >= 0.6 is 0 Å². The molecule has 7 nitrogen and oxygen atoms in total. The molecule has 1 aromatic rings. The van der Waals surface area contributed by atoms with E-state index >= 15 is 0 Å². The van der Waals surface area contributed by atoms with Crippen molar-refractivity contribution in [1.29, 1.82) is 0 Å². The van der Waals surface area contributed by atoms with Gasteiger partial charge in [0.1, 0.15) is 0 Å². The molecular formula is C19H27N3O4S. The fourth-order valence-electron chi connectivity index (χ4n) is 3.90. The van der Waals surface area contributed by atoms with Gasteiger partial charge in [-0.1, -0.05) is 30.3 Å². The molecule has 0 atom stereocenters. The van der Waals surface area contributed by atoms with Crippen LogP contribution in [0.25, 0.3) is 0 Å². The van der Waals surface area contributed by atoms with Gasteiger partial charge in [-0.2, -0.15) is 0 Å². The lowest BCUT2D eigenvalue weighted by atomic mass is 9.92. The summed E-state index contributed by atoms with van der Waals surface area (Å²) >= 11 is 0. The van der Waals surface area contributed by atoms with Gasteiger partial charge in [-0.3, -0.25) is 9.59 Å². The van der Waals surface area contributed by atoms with Crippen LogP contribution in [0.1, 0.15) is 31.2 Å². The molecule has 2 heterocycles. The molecule has 3 rings (SSSR count). The molecule has 1 aromatic carbocycles. The van der Waals surface area contributed by atoms with Crippen molar-refractivity contribution in [2.45, 2.75) is 31.4 Å².